The Morgan fingerprint density at radius 1 is 0.875 bits per heavy atom. The Labute approximate surface area is 281 Å². The van der Waals surface area contributed by atoms with Crippen LogP contribution in [0, 0.1) is 34.9 Å². The largest absolute Gasteiger partial charge is 0.508 e. The van der Waals surface area contributed by atoms with E-state index in [4.69, 9.17) is 11.6 Å². The number of benzene rings is 4. The molecule has 0 unspecified atom stereocenters. The molecule has 2 aliphatic heterocycles. The first-order valence-electron chi connectivity index (χ1n) is 16.3. The molecule has 9 heteroatoms. The van der Waals surface area contributed by atoms with E-state index in [9.17, 15) is 28.7 Å². The number of fused-ring (bicyclic) bond motifs is 5. The van der Waals surface area contributed by atoms with Crippen LogP contribution in [-0.2, 0) is 25.6 Å². The summed E-state index contributed by atoms with van der Waals surface area (Å²) in [5.41, 5.74) is 1.63. The molecule has 48 heavy (non-hydrogen) atoms. The number of allylic oxidation sites excluding steroid dienone is 2. The van der Waals surface area contributed by atoms with Gasteiger partial charge in [-0.05, 0) is 84.8 Å². The molecule has 4 aromatic carbocycles. The fourth-order valence-electron chi connectivity index (χ4n) is 8.92. The molecule has 2 heterocycles. The van der Waals surface area contributed by atoms with Crippen LogP contribution in [0.25, 0.3) is 10.8 Å². The summed E-state index contributed by atoms with van der Waals surface area (Å²) in [5, 5.41) is 12.9. The number of phenols is 1. The summed E-state index contributed by atoms with van der Waals surface area (Å²) >= 11 is 6.12. The zero-order chi connectivity index (χ0) is 33.6. The maximum Gasteiger partial charge on any atom is 0.241 e. The number of hydrogen-bond donors (Lipinski definition) is 1. The Morgan fingerprint density at radius 2 is 1.60 bits per heavy atom. The highest BCUT2D eigenvalue weighted by atomic mass is 35.5. The first-order valence-corrected chi connectivity index (χ1v) is 16.6. The van der Waals surface area contributed by atoms with Crippen molar-refractivity contribution in [2.24, 2.45) is 29.1 Å². The van der Waals surface area contributed by atoms with Crippen LogP contribution in [0.15, 0.2) is 90.5 Å². The number of nitrogens with zero attached hydrogens (tertiary/aromatic N) is 2. The highest BCUT2D eigenvalue weighted by Crippen LogP contribution is 2.65. The van der Waals surface area contributed by atoms with Crippen molar-refractivity contribution in [3.05, 3.63) is 112 Å². The normalized spacial score (nSPS) is 28.1. The van der Waals surface area contributed by atoms with Crippen molar-refractivity contribution < 1.29 is 28.7 Å². The third-order valence-electron chi connectivity index (χ3n) is 11.3. The van der Waals surface area contributed by atoms with Gasteiger partial charge in [0.25, 0.3) is 0 Å². The van der Waals surface area contributed by atoms with Crippen molar-refractivity contribution in [2.45, 2.75) is 39.0 Å². The number of carbonyl (C=O) groups is 4. The Bertz CT molecular complexity index is 2110. The molecule has 8 rings (SSSR count). The minimum atomic E-state index is -1.38. The van der Waals surface area contributed by atoms with Crippen LogP contribution >= 0.6 is 11.6 Å². The number of phenolic OH excluding ortho intramolecular Hbond substituents is 1. The molecule has 1 N–H and O–H groups in total. The molecule has 3 fully saturated rings. The summed E-state index contributed by atoms with van der Waals surface area (Å²) in [6, 6.07) is 22.1. The predicted octanol–water partition coefficient (Wildman–Crippen LogP) is 7.34. The number of carbonyl (C=O) groups excluding carboxylic acids is 4. The number of amides is 4. The quantitative estimate of drug-likeness (QED) is 0.182. The maximum absolute atomic E-state index is 14.7. The lowest BCUT2D eigenvalue weighted by atomic mass is 9.51. The first kappa shape index (κ1) is 30.5. The first-order chi connectivity index (χ1) is 23.1. The Morgan fingerprint density at radius 3 is 2.33 bits per heavy atom. The van der Waals surface area contributed by atoms with Gasteiger partial charge >= 0.3 is 0 Å². The molecule has 0 spiro atoms. The van der Waals surface area contributed by atoms with Gasteiger partial charge in [-0.25, -0.2) is 9.29 Å². The number of rotatable bonds is 4. The summed E-state index contributed by atoms with van der Waals surface area (Å²) in [4.78, 5) is 59.8. The number of hydrogen-bond acceptors (Lipinski definition) is 5. The van der Waals surface area contributed by atoms with Gasteiger partial charge in [0.2, 0.25) is 23.6 Å². The average Bonchev–Trinajstić information content (AvgIpc) is 3.46. The van der Waals surface area contributed by atoms with Crippen LogP contribution in [0.3, 0.4) is 0 Å². The van der Waals surface area contributed by atoms with E-state index in [0.29, 0.717) is 11.3 Å². The number of anilines is 2. The molecule has 0 bridgehead atoms. The lowest BCUT2D eigenvalue weighted by molar-refractivity contribution is -0.131. The molecule has 4 aromatic rings. The summed E-state index contributed by atoms with van der Waals surface area (Å²) in [6.45, 7) is 3.78. The van der Waals surface area contributed by atoms with Crippen molar-refractivity contribution in [1.82, 2.24) is 0 Å². The topological polar surface area (TPSA) is 95.0 Å². The second kappa shape index (κ2) is 10.9. The van der Waals surface area contributed by atoms with Crippen molar-refractivity contribution in [1.29, 1.82) is 0 Å². The molecule has 2 saturated heterocycles. The minimum Gasteiger partial charge on any atom is -0.508 e. The van der Waals surface area contributed by atoms with Gasteiger partial charge in [-0.1, -0.05) is 72.6 Å². The van der Waals surface area contributed by atoms with E-state index in [1.807, 2.05) is 49.4 Å². The summed E-state index contributed by atoms with van der Waals surface area (Å²) < 4.78 is 14.2. The van der Waals surface area contributed by atoms with Gasteiger partial charge in [0.15, 0.2) is 0 Å². The highest BCUT2D eigenvalue weighted by Gasteiger charge is 2.68. The maximum atomic E-state index is 14.7. The Balaban J connectivity index is 1.31. The van der Waals surface area contributed by atoms with E-state index in [-0.39, 0.29) is 41.1 Å². The molecule has 0 radical (unpaired) electrons. The number of aryl methyl sites for hydroxylation is 1. The number of imide groups is 2. The van der Waals surface area contributed by atoms with Gasteiger partial charge in [-0.3, -0.25) is 24.1 Å². The summed E-state index contributed by atoms with van der Waals surface area (Å²) in [7, 11) is 0. The molecule has 2 aliphatic carbocycles. The SMILES string of the molecule is CCc1ccc(N2C(=O)[C@H]3[C@H](CC=C4[C@H]3C[C@H]3C(=O)N(c5ccc(F)c(Cl)c5)C(=O)[C@@]3(C)[C@H]4c3c(O)ccc4ccccc34)C2=O)cc1. The van der Waals surface area contributed by atoms with Crippen molar-refractivity contribution in [3.8, 4) is 5.75 Å². The van der Waals surface area contributed by atoms with Crippen molar-refractivity contribution in [3.63, 3.8) is 0 Å². The lowest BCUT2D eigenvalue weighted by Crippen LogP contribution is -2.49. The van der Waals surface area contributed by atoms with Gasteiger partial charge < -0.3 is 5.11 Å². The standard InChI is InChI=1S/C39H32ClFN2O5/c1-3-20-8-11-22(12-9-20)42-35(45)26-15-14-25-27(32(26)37(42)47)19-28-36(46)43(23-13-16-30(41)29(40)18-23)38(48)39(28,2)34(25)33-24-7-5-4-6-21(24)10-17-31(33)44/h4-14,16-18,26-28,32,34,44H,3,15,19H2,1-2H3/t26-,27+,28-,32-,34+,39+/m0/s1. The van der Waals surface area contributed by atoms with Crippen LogP contribution < -0.4 is 9.80 Å². The zero-order valence-corrected chi connectivity index (χ0v) is 27.1. The summed E-state index contributed by atoms with van der Waals surface area (Å²) in [6.07, 6.45) is 3.22. The molecule has 242 valence electrons. The van der Waals surface area contributed by atoms with Gasteiger partial charge in [0.05, 0.1) is 39.6 Å². The molecule has 4 aliphatic rings. The molecule has 4 amide bonds. The second-order valence-electron chi connectivity index (χ2n) is 13.5. The van der Waals surface area contributed by atoms with E-state index in [0.717, 1.165) is 39.3 Å². The Hall–Kier alpha value is -4.82. The van der Waals surface area contributed by atoms with Crippen LogP contribution in [0.4, 0.5) is 15.8 Å². The van der Waals surface area contributed by atoms with Gasteiger partial charge in [0, 0.05) is 11.5 Å². The fourth-order valence-corrected chi connectivity index (χ4v) is 9.09. The highest BCUT2D eigenvalue weighted by molar-refractivity contribution is 6.32. The minimum absolute atomic E-state index is 0.0302. The zero-order valence-electron chi connectivity index (χ0n) is 26.3. The van der Waals surface area contributed by atoms with E-state index in [1.165, 1.54) is 17.0 Å². The predicted molar refractivity (Wildman–Crippen MR) is 180 cm³/mol. The van der Waals surface area contributed by atoms with Gasteiger partial charge in [0.1, 0.15) is 11.6 Å². The Kier molecular flexibility index (Phi) is 6.90. The van der Waals surface area contributed by atoms with Crippen LogP contribution in [0.2, 0.25) is 5.02 Å². The molecule has 1 saturated carbocycles. The monoisotopic (exact) mass is 662 g/mol. The molecular formula is C39H32ClFN2O5. The average molecular weight is 663 g/mol. The number of halogens is 2. The van der Waals surface area contributed by atoms with E-state index < -0.39 is 52.6 Å². The summed E-state index contributed by atoms with van der Waals surface area (Å²) in [5.74, 6) is -5.91. The van der Waals surface area contributed by atoms with Crippen LogP contribution in [-0.4, -0.2) is 28.7 Å². The van der Waals surface area contributed by atoms with Crippen LogP contribution in [0.5, 0.6) is 5.75 Å². The van der Waals surface area contributed by atoms with E-state index in [2.05, 4.69) is 0 Å². The van der Waals surface area contributed by atoms with Gasteiger partial charge in [-0.15, -0.1) is 0 Å². The molecular weight excluding hydrogens is 631 g/mol. The smallest absolute Gasteiger partial charge is 0.241 e. The third-order valence-corrected chi connectivity index (χ3v) is 11.6. The molecule has 7 nitrogen and oxygen atoms in total. The molecule has 0 aromatic heterocycles. The second-order valence-corrected chi connectivity index (χ2v) is 13.9. The third kappa shape index (κ3) is 4.11. The molecule has 6 atom stereocenters. The fraction of sp³-hybridized carbons (Fsp3) is 0.282. The van der Waals surface area contributed by atoms with Gasteiger partial charge in [-0.2, -0.15) is 0 Å². The van der Waals surface area contributed by atoms with E-state index in [1.54, 1.807) is 31.2 Å². The number of aromatic hydroxyl groups is 1. The lowest BCUT2D eigenvalue weighted by Gasteiger charge is -2.49. The van der Waals surface area contributed by atoms with E-state index >= 15 is 0 Å². The van der Waals surface area contributed by atoms with Crippen molar-refractivity contribution in [2.75, 3.05) is 9.80 Å². The van der Waals surface area contributed by atoms with Crippen LogP contribution in [0.1, 0.15) is 43.7 Å². The van der Waals surface area contributed by atoms with Crippen molar-refractivity contribution >= 4 is 57.4 Å².